The molecule has 3 heterocycles. The van der Waals surface area contributed by atoms with E-state index in [0.29, 0.717) is 17.7 Å². The number of carbonyl (C=O) groups is 2. The van der Waals surface area contributed by atoms with Gasteiger partial charge in [-0.3, -0.25) is 4.79 Å². The smallest absolute Gasteiger partial charge is 0.337 e. The number of nitrogens with one attached hydrogen (secondary N) is 1. The normalized spacial score (nSPS) is 22.0. The minimum absolute atomic E-state index is 0.158. The Balaban J connectivity index is 1.66. The molecule has 0 saturated carbocycles. The number of nitrogens with zero attached hydrogens (tertiary/aromatic N) is 1. The van der Waals surface area contributed by atoms with Gasteiger partial charge in [0.05, 0.1) is 17.9 Å². The Hall–Kier alpha value is -3.87. The molecule has 2 aliphatic rings. The van der Waals surface area contributed by atoms with E-state index < -0.39 is 29.9 Å². The molecule has 0 radical (unpaired) electrons. The molecule has 0 amide bonds. The van der Waals surface area contributed by atoms with E-state index in [1.807, 2.05) is 51.2 Å². The SMILES string of the molecule is CCOC(=O)C1C(N)=NC2=C(C(=O)OC(c3c(C)cc(C)cc3C)C2)C1c1cccc2[nH]ccc12. The van der Waals surface area contributed by atoms with Crippen molar-refractivity contribution in [2.75, 3.05) is 6.61 Å². The van der Waals surface area contributed by atoms with Crippen molar-refractivity contribution in [3.05, 3.63) is 81.7 Å². The van der Waals surface area contributed by atoms with E-state index >= 15 is 0 Å². The number of fused-ring (bicyclic) bond motifs is 1. The van der Waals surface area contributed by atoms with Crippen LogP contribution < -0.4 is 5.73 Å². The molecule has 3 N–H and O–H groups in total. The molecule has 180 valence electrons. The third kappa shape index (κ3) is 3.81. The summed E-state index contributed by atoms with van der Waals surface area (Å²) in [7, 11) is 0. The van der Waals surface area contributed by atoms with E-state index in [0.717, 1.165) is 38.7 Å². The highest BCUT2D eigenvalue weighted by molar-refractivity contribution is 6.07. The third-order valence-electron chi connectivity index (χ3n) is 6.95. The first-order valence-corrected chi connectivity index (χ1v) is 11.9. The highest BCUT2D eigenvalue weighted by Gasteiger charge is 2.47. The maximum absolute atomic E-state index is 13.6. The Bertz CT molecular complexity index is 1390. The molecule has 3 unspecified atom stereocenters. The van der Waals surface area contributed by atoms with Gasteiger partial charge >= 0.3 is 11.9 Å². The van der Waals surface area contributed by atoms with Crippen LogP contribution in [0.15, 0.2) is 58.9 Å². The number of hydrogen-bond donors (Lipinski definition) is 2. The number of cyclic esters (lactones) is 1. The minimum atomic E-state index is -0.916. The Morgan fingerprint density at radius 3 is 2.66 bits per heavy atom. The second kappa shape index (κ2) is 8.73. The van der Waals surface area contributed by atoms with E-state index in [-0.39, 0.29) is 12.4 Å². The molecule has 0 aliphatic carbocycles. The lowest BCUT2D eigenvalue weighted by molar-refractivity contribution is -0.148. The van der Waals surface area contributed by atoms with Crippen molar-refractivity contribution in [2.45, 2.75) is 46.1 Å². The van der Waals surface area contributed by atoms with Gasteiger partial charge in [-0.15, -0.1) is 0 Å². The summed E-state index contributed by atoms with van der Waals surface area (Å²) in [6.45, 7) is 8.04. The highest BCUT2D eigenvalue weighted by atomic mass is 16.5. The molecule has 5 rings (SSSR count). The van der Waals surface area contributed by atoms with Crippen molar-refractivity contribution < 1.29 is 19.1 Å². The lowest BCUT2D eigenvalue weighted by Gasteiger charge is -2.36. The number of nitrogens with two attached hydrogens (primary N) is 1. The summed E-state index contributed by atoms with van der Waals surface area (Å²) < 4.78 is 11.4. The van der Waals surface area contributed by atoms with E-state index in [2.05, 4.69) is 22.1 Å². The van der Waals surface area contributed by atoms with Gasteiger partial charge in [0.2, 0.25) is 0 Å². The van der Waals surface area contributed by atoms with Crippen molar-refractivity contribution in [1.29, 1.82) is 0 Å². The second-order valence-corrected chi connectivity index (χ2v) is 9.30. The molecule has 0 spiro atoms. The summed E-state index contributed by atoms with van der Waals surface area (Å²) in [6.07, 6.45) is 1.75. The van der Waals surface area contributed by atoms with Crippen LogP contribution in [0.5, 0.6) is 0 Å². The molecule has 3 atom stereocenters. The average molecular weight is 472 g/mol. The molecule has 2 aliphatic heterocycles. The largest absolute Gasteiger partial charge is 0.465 e. The number of benzene rings is 2. The van der Waals surface area contributed by atoms with Crippen LogP contribution in [0.3, 0.4) is 0 Å². The molecule has 3 aromatic rings. The van der Waals surface area contributed by atoms with Crippen molar-refractivity contribution in [1.82, 2.24) is 4.98 Å². The van der Waals surface area contributed by atoms with Gasteiger partial charge in [0.25, 0.3) is 0 Å². The lowest BCUT2D eigenvalue weighted by atomic mass is 9.74. The summed E-state index contributed by atoms with van der Waals surface area (Å²) >= 11 is 0. The first-order valence-electron chi connectivity index (χ1n) is 11.9. The van der Waals surface area contributed by atoms with Crippen molar-refractivity contribution >= 4 is 28.7 Å². The zero-order valence-corrected chi connectivity index (χ0v) is 20.3. The summed E-state index contributed by atoms with van der Waals surface area (Å²) in [5.74, 6) is -2.39. The third-order valence-corrected chi connectivity index (χ3v) is 6.95. The maximum atomic E-state index is 13.6. The van der Waals surface area contributed by atoms with Gasteiger partial charge < -0.3 is 20.2 Å². The lowest BCUT2D eigenvalue weighted by Crippen LogP contribution is -2.43. The van der Waals surface area contributed by atoms with Gasteiger partial charge in [0.1, 0.15) is 17.9 Å². The standard InChI is InChI=1S/C28H29N3O4/c1-5-34-27(32)25-23(18-7-6-8-19-17(18)9-10-30-19)24-20(31-26(25)29)13-21(35-28(24)33)22-15(3)11-14(2)12-16(22)4/h6-12,21,23,25,30H,5,13H2,1-4H3,(H2,29,31). The predicted octanol–water partition coefficient (Wildman–Crippen LogP) is 4.67. The fraction of sp³-hybridized carbons (Fsp3) is 0.321. The molecule has 0 bridgehead atoms. The first-order chi connectivity index (χ1) is 16.8. The van der Waals surface area contributed by atoms with Crippen molar-refractivity contribution in [2.24, 2.45) is 16.6 Å². The predicted molar refractivity (Wildman–Crippen MR) is 134 cm³/mol. The van der Waals surface area contributed by atoms with E-state index in [1.54, 1.807) is 6.92 Å². The van der Waals surface area contributed by atoms with Crippen LogP contribution in [0.25, 0.3) is 10.9 Å². The van der Waals surface area contributed by atoms with E-state index in [9.17, 15) is 9.59 Å². The molecule has 7 nitrogen and oxygen atoms in total. The molecule has 2 aromatic carbocycles. The number of H-pyrrole nitrogens is 1. The first kappa shape index (κ1) is 22.9. The zero-order valence-electron chi connectivity index (χ0n) is 20.3. The fourth-order valence-corrected chi connectivity index (χ4v) is 5.68. The molecule has 1 aromatic heterocycles. The zero-order chi connectivity index (χ0) is 24.9. The fourth-order valence-electron chi connectivity index (χ4n) is 5.68. The summed E-state index contributed by atoms with van der Waals surface area (Å²) in [5.41, 5.74) is 13.4. The van der Waals surface area contributed by atoms with Gasteiger partial charge in [-0.05, 0) is 62.1 Å². The van der Waals surface area contributed by atoms with Gasteiger partial charge in [-0.2, -0.15) is 0 Å². The number of ether oxygens (including phenoxy) is 2. The Morgan fingerprint density at radius 2 is 1.94 bits per heavy atom. The number of hydrogen-bond acceptors (Lipinski definition) is 6. The topological polar surface area (TPSA) is 107 Å². The average Bonchev–Trinajstić information content (AvgIpc) is 3.26. The minimum Gasteiger partial charge on any atom is -0.465 e. The van der Waals surface area contributed by atoms with E-state index in [4.69, 9.17) is 15.2 Å². The quantitative estimate of drug-likeness (QED) is 0.538. The number of esters is 2. The van der Waals surface area contributed by atoms with Crippen LogP contribution in [-0.2, 0) is 19.1 Å². The number of aliphatic imine (C=N–C) groups is 1. The molecule has 7 heteroatoms. The van der Waals surface area contributed by atoms with Gasteiger partial charge in [-0.25, -0.2) is 9.79 Å². The monoisotopic (exact) mass is 471 g/mol. The van der Waals surface area contributed by atoms with Crippen LogP contribution in [0, 0.1) is 26.7 Å². The van der Waals surface area contributed by atoms with Crippen molar-refractivity contribution in [3.63, 3.8) is 0 Å². The molecular formula is C28H29N3O4. The number of aromatic amines is 1. The number of amidine groups is 1. The Morgan fingerprint density at radius 1 is 1.20 bits per heavy atom. The second-order valence-electron chi connectivity index (χ2n) is 9.30. The van der Waals surface area contributed by atoms with Crippen LogP contribution in [-0.4, -0.2) is 29.4 Å². The van der Waals surface area contributed by atoms with E-state index in [1.165, 1.54) is 0 Å². The van der Waals surface area contributed by atoms with Crippen LogP contribution in [0.4, 0.5) is 0 Å². The van der Waals surface area contributed by atoms with Gasteiger partial charge in [-0.1, -0.05) is 29.8 Å². The molecular weight excluding hydrogens is 442 g/mol. The Kier molecular flexibility index (Phi) is 5.71. The maximum Gasteiger partial charge on any atom is 0.337 e. The summed E-state index contributed by atoms with van der Waals surface area (Å²) in [4.78, 5) is 34.5. The summed E-state index contributed by atoms with van der Waals surface area (Å²) in [5, 5.41) is 0.911. The summed E-state index contributed by atoms with van der Waals surface area (Å²) in [6, 6.07) is 11.9. The number of rotatable bonds is 4. The molecule has 0 saturated heterocycles. The van der Waals surface area contributed by atoms with Crippen LogP contribution in [0.1, 0.15) is 53.2 Å². The van der Waals surface area contributed by atoms with Gasteiger partial charge in [0.15, 0.2) is 0 Å². The molecule has 35 heavy (non-hydrogen) atoms. The number of aryl methyl sites for hydroxylation is 3. The highest BCUT2D eigenvalue weighted by Crippen LogP contribution is 2.47. The number of aromatic nitrogens is 1. The van der Waals surface area contributed by atoms with Crippen molar-refractivity contribution in [3.8, 4) is 0 Å². The number of carbonyl (C=O) groups excluding carboxylic acids is 2. The Labute approximate surface area is 204 Å². The van der Waals surface area contributed by atoms with Crippen LogP contribution >= 0.6 is 0 Å². The molecule has 0 fully saturated rings. The van der Waals surface area contributed by atoms with Crippen LogP contribution in [0.2, 0.25) is 0 Å². The van der Waals surface area contributed by atoms with Gasteiger partial charge in [0, 0.05) is 29.4 Å².